The normalized spacial score (nSPS) is 10.4. The Morgan fingerprint density at radius 1 is 1.25 bits per heavy atom. The quantitative estimate of drug-likeness (QED) is 0.569. The van der Waals surface area contributed by atoms with Gasteiger partial charge in [0.15, 0.2) is 0 Å². The van der Waals surface area contributed by atoms with Crippen LogP contribution < -0.4 is 10.6 Å². The molecule has 0 saturated heterocycles. The SMILES string of the molecule is CCCN(CCOCC)c1cccc(N)c1. The van der Waals surface area contributed by atoms with Crippen LogP contribution in [0, 0.1) is 0 Å². The summed E-state index contributed by atoms with van der Waals surface area (Å²) >= 11 is 0. The van der Waals surface area contributed by atoms with Gasteiger partial charge in [-0.3, -0.25) is 0 Å². The Kier molecular flexibility index (Phi) is 5.72. The highest BCUT2D eigenvalue weighted by Gasteiger charge is 2.05. The molecule has 0 aromatic heterocycles. The first-order valence-electron chi connectivity index (χ1n) is 5.96. The molecule has 1 rings (SSSR count). The van der Waals surface area contributed by atoms with E-state index < -0.39 is 0 Å². The zero-order chi connectivity index (χ0) is 11.8. The van der Waals surface area contributed by atoms with Crippen molar-refractivity contribution < 1.29 is 4.74 Å². The van der Waals surface area contributed by atoms with E-state index in [1.165, 1.54) is 5.69 Å². The summed E-state index contributed by atoms with van der Waals surface area (Å²) in [7, 11) is 0. The summed E-state index contributed by atoms with van der Waals surface area (Å²) in [6, 6.07) is 8.02. The molecule has 3 nitrogen and oxygen atoms in total. The maximum atomic E-state index is 5.79. The molecule has 0 bridgehead atoms. The highest BCUT2D eigenvalue weighted by molar-refractivity contribution is 5.55. The van der Waals surface area contributed by atoms with E-state index in [-0.39, 0.29) is 0 Å². The van der Waals surface area contributed by atoms with Gasteiger partial charge < -0.3 is 15.4 Å². The lowest BCUT2D eigenvalue weighted by molar-refractivity contribution is 0.154. The molecule has 0 heterocycles. The summed E-state index contributed by atoms with van der Waals surface area (Å²) in [5.74, 6) is 0. The molecule has 0 aliphatic heterocycles. The Morgan fingerprint density at radius 3 is 2.69 bits per heavy atom. The molecule has 0 aliphatic rings. The van der Waals surface area contributed by atoms with Gasteiger partial charge in [-0.25, -0.2) is 0 Å². The van der Waals surface area contributed by atoms with Crippen LogP contribution in [0.1, 0.15) is 20.3 Å². The van der Waals surface area contributed by atoms with E-state index in [0.717, 1.165) is 38.4 Å². The van der Waals surface area contributed by atoms with Crippen molar-refractivity contribution in [3.8, 4) is 0 Å². The minimum Gasteiger partial charge on any atom is -0.399 e. The van der Waals surface area contributed by atoms with E-state index in [1.54, 1.807) is 0 Å². The van der Waals surface area contributed by atoms with Crippen molar-refractivity contribution in [3.63, 3.8) is 0 Å². The second kappa shape index (κ2) is 7.12. The third-order valence-electron chi connectivity index (χ3n) is 2.44. The number of rotatable bonds is 7. The molecule has 3 heteroatoms. The maximum Gasteiger partial charge on any atom is 0.0641 e. The van der Waals surface area contributed by atoms with E-state index in [4.69, 9.17) is 10.5 Å². The van der Waals surface area contributed by atoms with Gasteiger partial charge in [0.05, 0.1) is 6.61 Å². The largest absolute Gasteiger partial charge is 0.399 e. The van der Waals surface area contributed by atoms with E-state index >= 15 is 0 Å². The van der Waals surface area contributed by atoms with Crippen LogP contribution in [0.5, 0.6) is 0 Å². The molecule has 1 aromatic rings. The molecule has 16 heavy (non-hydrogen) atoms. The van der Waals surface area contributed by atoms with Crippen molar-refractivity contribution >= 4 is 11.4 Å². The van der Waals surface area contributed by atoms with Crippen LogP contribution in [-0.2, 0) is 4.74 Å². The zero-order valence-corrected chi connectivity index (χ0v) is 10.3. The molecule has 0 radical (unpaired) electrons. The van der Waals surface area contributed by atoms with Crippen molar-refractivity contribution in [2.75, 3.05) is 36.9 Å². The van der Waals surface area contributed by atoms with Gasteiger partial charge in [0.25, 0.3) is 0 Å². The Labute approximate surface area is 98.2 Å². The number of benzene rings is 1. The fourth-order valence-corrected chi connectivity index (χ4v) is 1.68. The van der Waals surface area contributed by atoms with Crippen LogP contribution in [0.2, 0.25) is 0 Å². The first-order chi connectivity index (χ1) is 7.77. The van der Waals surface area contributed by atoms with Crippen LogP contribution in [0.25, 0.3) is 0 Å². The minimum absolute atomic E-state index is 0.769. The molecule has 2 N–H and O–H groups in total. The molecule has 1 aromatic carbocycles. The third kappa shape index (κ3) is 4.11. The van der Waals surface area contributed by atoms with Crippen LogP contribution in [-0.4, -0.2) is 26.3 Å². The monoisotopic (exact) mass is 222 g/mol. The molecule has 0 atom stereocenters. The van der Waals surface area contributed by atoms with Gasteiger partial charge in [0.2, 0.25) is 0 Å². The van der Waals surface area contributed by atoms with Gasteiger partial charge in [-0.05, 0) is 31.5 Å². The summed E-state index contributed by atoms with van der Waals surface area (Å²) in [5, 5.41) is 0. The number of hydrogen-bond acceptors (Lipinski definition) is 3. The Bertz CT molecular complexity index is 302. The fraction of sp³-hybridized carbons (Fsp3) is 0.538. The molecule has 90 valence electrons. The smallest absolute Gasteiger partial charge is 0.0641 e. The van der Waals surface area contributed by atoms with Gasteiger partial charge in [-0.2, -0.15) is 0 Å². The number of ether oxygens (including phenoxy) is 1. The Morgan fingerprint density at radius 2 is 2.06 bits per heavy atom. The van der Waals surface area contributed by atoms with Crippen molar-refractivity contribution in [1.29, 1.82) is 0 Å². The molecule has 0 spiro atoms. The molecule has 0 saturated carbocycles. The molecule has 0 aliphatic carbocycles. The van der Waals surface area contributed by atoms with Crippen LogP contribution >= 0.6 is 0 Å². The van der Waals surface area contributed by atoms with Crippen LogP contribution in [0.15, 0.2) is 24.3 Å². The average molecular weight is 222 g/mol. The number of anilines is 2. The van der Waals surface area contributed by atoms with Crippen LogP contribution in [0.3, 0.4) is 0 Å². The Balaban J connectivity index is 2.61. The number of nitrogens with zero attached hydrogens (tertiary/aromatic N) is 1. The number of hydrogen-bond donors (Lipinski definition) is 1. The lowest BCUT2D eigenvalue weighted by Crippen LogP contribution is -2.28. The van der Waals surface area contributed by atoms with E-state index in [2.05, 4.69) is 17.9 Å². The maximum absolute atomic E-state index is 5.79. The summed E-state index contributed by atoms with van der Waals surface area (Å²) in [5.41, 5.74) is 7.79. The van der Waals surface area contributed by atoms with Crippen molar-refractivity contribution in [1.82, 2.24) is 0 Å². The Hall–Kier alpha value is -1.22. The van der Waals surface area contributed by atoms with E-state index in [0.29, 0.717) is 0 Å². The van der Waals surface area contributed by atoms with Gasteiger partial charge in [0, 0.05) is 31.1 Å². The topological polar surface area (TPSA) is 38.5 Å². The highest BCUT2D eigenvalue weighted by atomic mass is 16.5. The second-order valence-electron chi connectivity index (χ2n) is 3.78. The molecule has 0 amide bonds. The lowest BCUT2D eigenvalue weighted by Gasteiger charge is -2.24. The predicted molar refractivity (Wildman–Crippen MR) is 69.9 cm³/mol. The number of nitrogen functional groups attached to an aromatic ring is 1. The number of nitrogens with two attached hydrogens (primary N) is 1. The molecular formula is C13H22N2O. The summed E-state index contributed by atoms with van der Waals surface area (Å²) in [6.45, 7) is 7.70. The molecular weight excluding hydrogens is 200 g/mol. The first-order valence-corrected chi connectivity index (χ1v) is 5.96. The summed E-state index contributed by atoms with van der Waals surface area (Å²) in [4.78, 5) is 2.31. The van der Waals surface area contributed by atoms with Crippen LogP contribution in [0.4, 0.5) is 11.4 Å². The van der Waals surface area contributed by atoms with Crippen molar-refractivity contribution in [2.24, 2.45) is 0 Å². The van der Waals surface area contributed by atoms with Gasteiger partial charge in [0.1, 0.15) is 0 Å². The average Bonchev–Trinajstić information content (AvgIpc) is 2.28. The van der Waals surface area contributed by atoms with E-state index in [9.17, 15) is 0 Å². The lowest BCUT2D eigenvalue weighted by atomic mass is 10.2. The van der Waals surface area contributed by atoms with Crippen molar-refractivity contribution in [3.05, 3.63) is 24.3 Å². The zero-order valence-electron chi connectivity index (χ0n) is 10.3. The molecule has 0 unspecified atom stereocenters. The minimum atomic E-state index is 0.769. The van der Waals surface area contributed by atoms with Gasteiger partial charge >= 0.3 is 0 Å². The van der Waals surface area contributed by atoms with Crippen molar-refractivity contribution in [2.45, 2.75) is 20.3 Å². The van der Waals surface area contributed by atoms with E-state index in [1.807, 2.05) is 25.1 Å². The highest BCUT2D eigenvalue weighted by Crippen LogP contribution is 2.17. The van der Waals surface area contributed by atoms with Gasteiger partial charge in [-0.15, -0.1) is 0 Å². The van der Waals surface area contributed by atoms with Gasteiger partial charge in [-0.1, -0.05) is 13.0 Å². The fourth-order valence-electron chi connectivity index (χ4n) is 1.68. The summed E-state index contributed by atoms with van der Waals surface area (Å²) < 4.78 is 5.39. The predicted octanol–water partition coefficient (Wildman–Crippen LogP) is 2.52. The first kappa shape index (κ1) is 12.8. The third-order valence-corrected chi connectivity index (χ3v) is 2.44. The second-order valence-corrected chi connectivity index (χ2v) is 3.78. The molecule has 0 fully saturated rings. The summed E-state index contributed by atoms with van der Waals surface area (Å²) in [6.07, 6.45) is 1.13. The standard InChI is InChI=1S/C13H22N2O/c1-3-8-15(9-10-16-4-2)13-7-5-6-12(14)11-13/h5-7,11H,3-4,8-10,14H2,1-2H3.